The minimum Gasteiger partial charge on any atom is -0.463 e. The van der Waals surface area contributed by atoms with Gasteiger partial charge in [0.15, 0.2) is 5.60 Å². The Hall–Kier alpha value is -0.570. The van der Waals surface area contributed by atoms with E-state index in [2.05, 4.69) is 4.74 Å². The average Bonchev–Trinajstić information content (AvgIpc) is 1.86. The highest BCUT2D eigenvalue weighted by Crippen LogP contribution is 2.17. The van der Waals surface area contributed by atoms with E-state index >= 15 is 0 Å². The Morgan fingerprint density at radius 3 is 2.62 bits per heavy atom. The first-order valence-electron chi connectivity index (χ1n) is 2.52. The van der Waals surface area contributed by atoms with Crippen molar-refractivity contribution >= 4 is 5.97 Å². The Morgan fingerprint density at radius 1 is 1.88 bits per heavy atom. The van der Waals surface area contributed by atoms with Crippen LogP contribution in [0.15, 0.2) is 0 Å². The molecule has 0 aromatic carbocycles. The summed E-state index contributed by atoms with van der Waals surface area (Å²) in [7, 11) is 0. The second kappa shape index (κ2) is 1.45. The van der Waals surface area contributed by atoms with E-state index in [9.17, 15) is 4.79 Å². The molecule has 0 aliphatic carbocycles. The van der Waals surface area contributed by atoms with Gasteiger partial charge in [0.1, 0.15) is 0 Å². The van der Waals surface area contributed by atoms with Gasteiger partial charge in [-0.1, -0.05) is 0 Å². The number of rotatable bonds is 0. The quantitative estimate of drug-likeness (QED) is 0.441. The molecule has 1 saturated heterocycles. The second-order valence-electron chi connectivity index (χ2n) is 2.16. The first kappa shape index (κ1) is 5.56. The summed E-state index contributed by atoms with van der Waals surface area (Å²) in [6, 6.07) is 0. The van der Waals surface area contributed by atoms with Crippen molar-refractivity contribution in [3.05, 3.63) is 0 Å². The zero-order valence-corrected chi connectivity index (χ0v) is 4.68. The van der Waals surface area contributed by atoms with Crippen LogP contribution in [0.3, 0.4) is 0 Å². The lowest BCUT2D eigenvalue weighted by Gasteiger charge is -2.07. The molecule has 0 saturated carbocycles. The minimum absolute atomic E-state index is 0.353. The SMILES string of the molecule is C[C@]1(O)CCOC1=O. The third-order valence-electron chi connectivity index (χ3n) is 1.26. The van der Waals surface area contributed by atoms with Crippen LogP contribution in [0.2, 0.25) is 0 Å². The molecule has 0 aromatic rings. The van der Waals surface area contributed by atoms with Gasteiger partial charge in [-0.15, -0.1) is 0 Å². The van der Waals surface area contributed by atoms with Crippen molar-refractivity contribution < 1.29 is 14.6 Å². The molecule has 1 N–H and O–H groups in total. The van der Waals surface area contributed by atoms with Gasteiger partial charge in [0.05, 0.1) is 6.61 Å². The van der Waals surface area contributed by atoms with Gasteiger partial charge < -0.3 is 9.84 Å². The predicted molar refractivity (Wildman–Crippen MR) is 26.2 cm³/mol. The summed E-state index contributed by atoms with van der Waals surface area (Å²) in [5, 5.41) is 8.99. The van der Waals surface area contributed by atoms with Gasteiger partial charge in [-0.3, -0.25) is 0 Å². The van der Waals surface area contributed by atoms with E-state index in [4.69, 9.17) is 5.11 Å². The van der Waals surface area contributed by atoms with Crippen LogP contribution in [0.5, 0.6) is 0 Å². The summed E-state index contributed by atoms with van der Waals surface area (Å²) >= 11 is 0. The molecule has 0 aromatic heterocycles. The van der Waals surface area contributed by atoms with Gasteiger partial charge in [0.25, 0.3) is 0 Å². The number of carbonyl (C=O) groups is 1. The third kappa shape index (κ3) is 0.690. The second-order valence-corrected chi connectivity index (χ2v) is 2.16. The Bertz CT molecular complexity index is 117. The van der Waals surface area contributed by atoms with Crippen LogP contribution in [-0.4, -0.2) is 23.3 Å². The molecule has 3 heteroatoms. The Morgan fingerprint density at radius 2 is 2.50 bits per heavy atom. The molecule has 1 aliphatic heterocycles. The van der Waals surface area contributed by atoms with Crippen molar-refractivity contribution in [2.45, 2.75) is 18.9 Å². The Balaban J connectivity index is 2.68. The van der Waals surface area contributed by atoms with Gasteiger partial charge in [-0.2, -0.15) is 0 Å². The molecule has 1 atom stereocenters. The molecule has 1 fully saturated rings. The van der Waals surface area contributed by atoms with Gasteiger partial charge >= 0.3 is 5.97 Å². The highest BCUT2D eigenvalue weighted by Gasteiger charge is 2.37. The van der Waals surface area contributed by atoms with Crippen LogP contribution in [0.4, 0.5) is 0 Å². The highest BCUT2D eigenvalue weighted by atomic mass is 16.6. The lowest BCUT2D eigenvalue weighted by molar-refractivity contribution is -0.151. The van der Waals surface area contributed by atoms with Crippen molar-refractivity contribution in [3.8, 4) is 0 Å². The molecule has 0 bridgehead atoms. The molecule has 1 heterocycles. The highest BCUT2D eigenvalue weighted by molar-refractivity contribution is 5.80. The number of hydrogen-bond acceptors (Lipinski definition) is 3. The van der Waals surface area contributed by atoms with Crippen LogP contribution in [0, 0.1) is 0 Å². The molecule has 0 spiro atoms. The summed E-state index contributed by atoms with van der Waals surface area (Å²) in [6.45, 7) is 1.81. The molecule has 3 nitrogen and oxygen atoms in total. The van der Waals surface area contributed by atoms with Crippen LogP contribution in [0.25, 0.3) is 0 Å². The average molecular weight is 116 g/mol. The van der Waals surface area contributed by atoms with Crippen molar-refractivity contribution in [1.82, 2.24) is 0 Å². The number of esters is 1. The maximum Gasteiger partial charge on any atom is 0.337 e. The number of hydrogen-bond donors (Lipinski definition) is 1. The minimum atomic E-state index is -1.21. The van der Waals surface area contributed by atoms with Gasteiger partial charge in [0.2, 0.25) is 0 Å². The Labute approximate surface area is 47.3 Å². The van der Waals surface area contributed by atoms with Crippen molar-refractivity contribution in [1.29, 1.82) is 0 Å². The lowest BCUT2D eigenvalue weighted by Crippen LogP contribution is -2.29. The first-order valence-corrected chi connectivity index (χ1v) is 2.52. The predicted octanol–water partition coefficient (Wildman–Crippen LogP) is -0.316. The maximum absolute atomic E-state index is 10.4. The summed E-state index contributed by atoms with van der Waals surface area (Å²) in [5.41, 5.74) is -1.21. The van der Waals surface area contributed by atoms with Crippen molar-refractivity contribution in [2.24, 2.45) is 0 Å². The summed E-state index contributed by atoms with van der Waals surface area (Å²) < 4.78 is 4.48. The molecule has 8 heavy (non-hydrogen) atoms. The molecular formula is C5H8O3. The van der Waals surface area contributed by atoms with E-state index in [1.807, 2.05) is 0 Å². The largest absolute Gasteiger partial charge is 0.463 e. The van der Waals surface area contributed by atoms with Crippen LogP contribution in [-0.2, 0) is 9.53 Å². The molecule has 1 rings (SSSR count). The summed E-state index contributed by atoms with van der Waals surface area (Å²) in [6.07, 6.45) is 0.422. The van der Waals surface area contributed by atoms with Gasteiger partial charge in [0, 0.05) is 6.42 Å². The van der Waals surface area contributed by atoms with E-state index in [0.29, 0.717) is 13.0 Å². The first-order chi connectivity index (χ1) is 3.63. The Kier molecular flexibility index (Phi) is 1.01. The van der Waals surface area contributed by atoms with E-state index < -0.39 is 11.6 Å². The zero-order valence-electron chi connectivity index (χ0n) is 4.68. The van der Waals surface area contributed by atoms with Crippen molar-refractivity contribution in [2.75, 3.05) is 6.61 Å². The number of aliphatic hydroxyl groups is 1. The van der Waals surface area contributed by atoms with Crippen LogP contribution >= 0.6 is 0 Å². The fourth-order valence-corrected chi connectivity index (χ4v) is 0.600. The lowest BCUT2D eigenvalue weighted by atomic mass is 10.1. The number of carbonyl (C=O) groups excluding carboxylic acids is 1. The topological polar surface area (TPSA) is 46.5 Å². The number of ether oxygens (including phenoxy) is 1. The molecular weight excluding hydrogens is 108 g/mol. The fourth-order valence-electron chi connectivity index (χ4n) is 0.600. The maximum atomic E-state index is 10.4. The normalized spacial score (nSPS) is 37.5. The van der Waals surface area contributed by atoms with E-state index in [-0.39, 0.29) is 0 Å². The van der Waals surface area contributed by atoms with E-state index in [1.165, 1.54) is 6.92 Å². The molecule has 0 radical (unpaired) electrons. The number of cyclic esters (lactones) is 1. The van der Waals surface area contributed by atoms with Gasteiger partial charge in [-0.25, -0.2) is 4.79 Å². The van der Waals surface area contributed by atoms with Gasteiger partial charge in [-0.05, 0) is 6.92 Å². The zero-order chi connectivity index (χ0) is 6.20. The standard InChI is InChI=1S/C5H8O3/c1-5(7)2-3-8-4(5)6/h7H,2-3H2,1H3/t5-/m0/s1. The van der Waals surface area contributed by atoms with Crippen LogP contribution in [0.1, 0.15) is 13.3 Å². The molecule has 1 aliphatic rings. The van der Waals surface area contributed by atoms with Crippen LogP contribution < -0.4 is 0 Å². The summed E-state index contributed by atoms with van der Waals surface area (Å²) in [5.74, 6) is -0.502. The monoisotopic (exact) mass is 116 g/mol. The molecule has 46 valence electrons. The molecule has 0 unspecified atom stereocenters. The smallest absolute Gasteiger partial charge is 0.337 e. The van der Waals surface area contributed by atoms with E-state index in [1.54, 1.807) is 0 Å². The molecule has 0 amide bonds. The third-order valence-corrected chi connectivity index (χ3v) is 1.26. The fraction of sp³-hybridized carbons (Fsp3) is 0.800. The summed E-state index contributed by atoms with van der Waals surface area (Å²) in [4.78, 5) is 10.4. The van der Waals surface area contributed by atoms with Crippen molar-refractivity contribution in [3.63, 3.8) is 0 Å². The van der Waals surface area contributed by atoms with E-state index in [0.717, 1.165) is 0 Å².